The highest BCUT2D eigenvalue weighted by molar-refractivity contribution is 5.94. The number of carbonyl (C=O) groups is 1. The Balaban J connectivity index is 1.48. The van der Waals surface area contributed by atoms with Crippen molar-refractivity contribution in [2.75, 3.05) is 11.4 Å². The van der Waals surface area contributed by atoms with Crippen molar-refractivity contribution >= 4 is 33.6 Å². The number of aliphatic hydroxyl groups is 1. The molecule has 0 amide bonds. The van der Waals surface area contributed by atoms with Crippen LogP contribution in [0.2, 0.25) is 0 Å². The molecular formula is C28H22N6O4. The number of benzene rings is 3. The minimum Gasteiger partial charge on any atom is -0.478 e. The van der Waals surface area contributed by atoms with Gasteiger partial charge in [0.15, 0.2) is 0 Å². The van der Waals surface area contributed by atoms with E-state index in [0.717, 1.165) is 29.7 Å². The molecule has 10 heteroatoms. The summed E-state index contributed by atoms with van der Waals surface area (Å²) in [6, 6.07) is 16.0. The Labute approximate surface area is 216 Å². The number of nitrogens with one attached hydrogen (secondary N) is 1. The van der Waals surface area contributed by atoms with Crippen molar-refractivity contribution in [3.63, 3.8) is 0 Å². The number of aromatic carboxylic acids is 1. The number of anilines is 1. The van der Waals surface area contributed by atoms with Crippen molar-refractivity contribution in [2.24, 2.45) is 0 Å². The largest absolute Gasteiger partial charge is 0.478 e. The van der Waals surface area contributed by atoms with E-state index in [-0.39, 0.29) is 36.1 Å². The molecule has 0 saturated heterocycles. The number of fused-ring (bicyclic) bond motifs is 3. The van der Waals surface area contributed by atoms with Crippen LogP contribution >= 0.6 is 0 Å². The summed E-state index contributed by atoms with van der Waals surface area (Å²) >= 11 is 0. The molecule has 5 aromatic rings. The van der Waals surface area contributed by atoms with E-state index in [1.807, 2.05) is 41.3 Å². The lowest BCUT2D eigenvalue weighted by Crippen LogP contribution is -2.28. The number of H-pyrrole nitrogens is 1. The zero-order chi connectivity index (χ0) is 26.4. The van der Waals surface area contributed by atoms with Gasteiger partial charge in [0, 0.05) is 5.69 Å². The zero-order valence-corrected chi connectivity index (χ0v) is 20.1. The van der Waals surface area contributed by atoms with Crippen molar-refractivity contribution in [2.45, 2.75) is 25.5 Å². The van der Waals surface area contributed by atoms with Gasteiger partial charge in [0.25, 0.3) is 5.56 Å². The number of aromatic amines is 1. The number of carboxylic acid groups (broad SMARTS) is 1. The summed E-state index contributed by atoms with van der Waals surface area (Å²) in [7, 11) is 0. The van der Waals surface area contributed by atoms with Gasteiger partial charge in [-0.25, -0.2) is 14.5 Å². The van der Waals surface area contributed by atoms with Crippen LogP contribution in [-0.2, 0) is 13.0 Å². The molecule has 0 unspecified atom stereocenters. The van der Waals surface area contributed by atoms with E-state index in [4.69, 9.17) is 6.42 Å². The Morgan fingerprint density at radius 2 is 2.03 bits per heavy atom. The van der Waals surface area contributed by atoms with Gasteiger partial charge in [-0.05, 0) is 66.4 Å². The number of aliphatic hydroxyl groups excluding tert-OH is 1. The summed E-state index contributed by atoms with van der Waals surface area (Å²) in [4.78, 5) is 33.8. The molecule has 0 bridgehead atoms. The Hall–Kier alpha value is -5.01. The summed E-state index contributed by atoms with van der Waals surface area (Å²) in [6.07, 6.45) is 7.29. The van der Waals surface area contributed by atoms with Gasteiger partial charge in [0.2, 0.25) is 0 Å². The summed E-state index contributed by atoms with van der Waals surface area (Å²) < 4.78 is 1.52. The van der Waals surface area contributed by atoms with Gasteiger partial charge in [0.05, 0.1) is 40.3 Å². The van der Waals surface area contributed by atoms with E-state index in [9.17, 15) is 19.8 Å². The number of carboxylic acids is 1. The van der Waals surface area contributed by atoms with E-state index < -0.39 is 5.97 Å². The van der Waals surface area contributed by atoms with Crippen molar-refractivity contribution < 1.29 is 15.0 Å². The number of rotatable bonds is 6. The van der Waals surface area contributed by atoms with Crippen LogP contribution in [0.1, 0.15) is 39.8 Å². The van der Waals surface area contributed by atoms with E-state index >= 15 is 0 Å². The van der Waals surface area contributed by atoms with Gasteiger partial charge in [-0.15, -0.1) is 11.5 Å². The first-order chi connectivity index (χ1) is 18.5. The van der Waals surface area contributed by atoms with Crippen LogP contribution < -0.4 is 10.5 Å². The molecular weight excluding hydrogens is 484 g/mol. The number of hydrogen-bond donors (Lipinski definition) is 3. The molecule has 1 aliphatic carbocycles. The quantitative estimate of drug-likeness (QED) is 0.299. The van der Waals surface area contributed by atoms with Crippen molar-refractivity contribution in [3.05, 3.63) is 87.5 Å². The first-order valence-corrected chi connectivity index (χ1v) is 12.0. The summed E-state index contributed by atoms with van der Waals surface area (Å²) in [6.45, 7) is -0.0826. The highest BCUT2D eigenvalue weighted by atomic mass is 16.4. The molecule has 3 N–H and O–H groups in total. The van der Waals surface area contributed by atoms with Crippen LogP contribution in [0.4, 0.5) is 5.69 Å². The third kappa shape index (κ3) is 3.77. The normalized spacial score (nSPS) is 14.5. The molecule has 2 aromatic heterocycles. The first-order valence-electron chi connectivity index (χ1n) is 12.0. The second-order valence-electron chi connectivity index (χ2n) is 9.12. The van der Waals surface area contributed by atoms with Crippen LogP contribution in [0.15, 0.2) is 59.4 Å². The van der Waals surface area contributed by atoms with E-state index in [1.54, 1.807) is 18.2 Å². The Morgan fingerprint density at radius 1 is 1.18 bits per heavy atom. The second-order valence-corrected chi connectivity index (χ2v) is 9.12. The molecule has 0 spiro atoms. The molecule has 1 aliphatic rings. The Bertz CT molecular complexity index is 1830. The average molecular weight is 507 g/mol. The predicted molar refractivity (Wildman–Crippen MR) is 141 cm³/mol. The average Bonchev–Trinajstić information content (AvgIpc) is 3.54. The van der Waals surface area contributed by atoms with Crippen LogP contribution in [0.3, 0.4) is 0 Å². The topological polar surface area (TPSA) is 137 Å². The fourth-order valence-corrected chi connectivity index (χ4v) is 5.25. The van der Waals surface area contributed by atoms with Crippen LogP contribution in [-0.4, -0.2) is 47.7 Å². The summed E-state index contributed by atoms with van der Waals surface area (Å²) in [5.74, 6) is 1.86. The Morgan fingerprint density at radius 3 is 2.82 bits per heavy atom. The Kier molecular flexibility index (Phi) is 5.62. The van der Waals surface area contributed by atoms with Gasteiger partial charge in [-0.3, -0.25) is 4.79 Å². The van der Waals surface area contributed by atoms with Gasteiger partial charge in [0.1, 0.15) is 17.9 Å². The maximum Gasteiger partial charge on any atom is 0.337 e. The van der Waals surface area contributed by atoms with Gasteiger partial charge in [-0.1, -0.05) is 23.3 Å². The van der Waals surface area contributed by atoms with Crippen molar-refractivity contribution in [1.82, 2.24) is 25.0 Å². The fourth-order valence-electron chi connectivity index (χ4n) is 5.25. The maximum absolute atomic E-state index is 12.7. The molecule has 38 heavy (non-hydrogen) atoms. The third-order valence-electron chi connectivity index (χ3n) is 6.97. The molecule has 6 rings (SSSR count). The molecule has 2 heterocycles. The predicted octanol–water partition coefficient (Wildman–Crippen LogP) is 2.97. The standard InChI is InChI=1S/C28H22N6O4/c1-2-11-33(23-10-7-16-12-22-20(14-19(16)23)27(36)30-26(15-35)29-22)17-8-9-18(28(37)38)25(13-17)34-24-6-4-3-5-21(24)31-32-34/h1,3-6,8-9,12-14,23,35H,7,10-11,15H2,(H,37,38)(H,29,30,36)/t23-/m0/s1. The van der Waals surface area contributed by atoms with E-state index in [1.165, 1.54) is 4.68 Å². The highest BCUT2D eigenvalue weighted by Crippen LogP contribution is 2.40. The number of aryl methyl sites for hydroxylation is 1. The minimum atomic E-state index is -1.08. The lowest BCUT2D eigenvalue weighted by atomic mass is 10.0. The number of aromatic nitrogens is 5. The first kappa shape index (κ1) is 23.4. The zero-order valence-electron chi connectivity index (χ0n) is 20.1. The van der Waals surface area contributed by atoms with Gasteiger partial charge in [-0.2, -0.15) is 0 Å². The smallest absolute Gasteiger partial charge is 0.337 e. The fraction of sp³-hybridized carbons (Fsp3) is 0.179. The maximum atomic E-state index is 12.7. The monoisotopic (exact) mass is 506 g/mol. The molecule has 188 valence electrons. The summed E-state index contributed by atoms with van der Waals surface area (Å²) in [5.41, 5.74) is 4.75. The summed E-state index contributed by atoms with van der Waals surface area (Å²) in [5, 5.41) is 28.2. The van der Waals surface area contributed by atoms with Gasteiger partial charge < -0.3 is 20.1 Å². The van der Waals surface area contributed by atoms with Crippen LogP contribution in [0, 0.1) is 12.3 Å². The number of para-hydroxylation sites is 1. The number of terminal acetylenes is 1. The van der Waals surface area contributed by atoms with E-state index in [0.29, 0.717) is 27.6 Å². The number of hydrogen-bond acceptors (Lipinski definition) is 7. The van der Waals surface area contributed by atoms with Crippen LogP contribution in [0.25, 0.3) is 27.6 Å². The number of nitrogens with zero attached hydrogens (tertiary/aromatic N) is 5. The SMILES string of the molecule is C#CCN(c1ccc(C(=O)O)c(-n2nnc3ccccc32)c1)[C@H]1CCc2cc3nc(CO)[nH]c(=O)c3cc21. The minimum absolute atomic E-state index is 0.0835. The molecule has 0 aliphatic heterocycles. The molecule has 0 saturated carbocycles. The molecule has 10 nitrogen and oxygen atoms in total. The van der Waals surface area contributed by atoms with Gasteiger partial charge >= 0.3 is 5.97 Å². The lowest BCUT2D eigenvalue weighted by molar-refractivity contribution is 0.0697. The van der Waals surface area contributed by atoms with Crippen molar-refractivity contribution in [1.29, 1.82) is 0 Å². The lowest BCUT2D eigenvalue weighted by Gasteiger charge is -2.31. The van der Waals surface area contributed by atoms with Crippen molar-refractivity contribution in [3.8, 4) is 18.0 Å². The second kappa shape index (κ2) is 9.14. The molecule has 1 atom stereocenters. The molecule has 0 radical (unpaired) electrons. The van der Waals surface area contributed by atoms with Crippen LogP contribution in [0.5, 0.6) is 0 Å². The highest BCUT2D eigenvalue weighted by Gasteiger charge is 2.30. The molecule has 3 aromatic carbocycles. The molecule has 0 fully saturated rings. The van der Waals surface area contributed by atoms with E-state index in [2.05, 4.69) is 26.2 Å². The third-order valence-corrected chi connectivity index (χ3v) is 6.97.